The maximum Gasteiger partial charge on any atom is 0.255 e. The first-order valence-electron chi connectivity index (χ1n) is 8.79. The number of rotatable bonds is 4. The maximum atomic E-state index is 14.1. The van der Waals surface area contributed by atoms with Crippen LogP contribution in [0.2, 0.25) is 0 Å². The molecule has 0 bridgehead atoms. The van der Waals surface area contributed by atoms with Crippen molar-refractivity contribution in [2.45, 2.75) is 6.42 Å². The molecule has 144 valence electrons. The Balaban J connectivity index is 1.53. The van der Waals surface area contributed by atoms with Crippen molar-refractivity contribution in [2.24, 2.45) is 0 Å². The van der Waals surface area contributed by atoms with E-state index in [2.05, 4.69) is 5.32 Å². The molecule has 0 saturated carbocycles. The molecule has 1 aliphatic rings. The van der Waals surface area contributed by atoms with Gasteiger partial charge in [-0.25, -0.2) is 12.8 Å². The lowest BCUT2D eigenvalue weighted by Crippen LogP contribution is -2.25. The van der Waals surface area contributed by atoms with E-state index >= 15 is 0 Å². The third-order valence-corrected chi connectivity index (χ3v) is 6.49. The Morgan fingerprint density at radius 3 is 2.32 bits per heavy atom. The molecule has 3 aromatic rings. The number of hydrogen-bond acceptors (Lipinski definition) is 3. The van der Waals surface area contributed by atoms with Gasteiger partial charge in [0, 0.05) is 30.2 Å². The highest BCUT2D eigenvalue weighted by molar-refractivity contribution is 7.93. The maximum absolute atomic E-state index is 14.1. The van der Waals surface area contributed by atoms with Crippen molar-refractivity contribution < 1.29 is 17.6 Å². The zero-order valence-electron chi connectivity index (χ0n) is 14.9. The second kappa shape index (κ2) is 7.12. The van der Waals surface area contributed by atoms with Gasteiger partial charge in [-0.1, -0.05) is 0 Å². The molecule has 0 radical (unpaired) electrons. The molecule has 2 heterocycles. The molecule has 1 amide bonds. The molecule has 2 aromatic carbocycles. The molecule has 1 aliphatic heterocycles. The highest BCUT2D eigenvalue weighted by atomic mass is 32.2. The van der Waals surface area contributed by atoms with Gasteiger partial charge in [-0.2, -0.15) is 0 Å². The van der Waals surface area contributed by atoms with Gasteiger partial charge in [0.15, 0.2) is 0 Å². The van der Waals surface area contributed by atoms with Gasteiger partial charge in [0.2, 0.25) is 10.0 Å². The van der Waals surface area contributed by atoms with Crippen LogP contribution in [0, 0.1) is 5.82 Å². The van der Waals surface area contributed by atoms with Crippen LogP contribution in [-0.4, -0.2) is 31.2 Å². The van der Waals surface area contributed by atoms with Crippen molar-refractivity contribution in [1.82, 2.24) is 4.57 Å². The number of sulfonamides is 1. The largest absolute Gasteiger partial charge is 0.324 e. The Kier molecular flexibility index (Phi) is 4.64. The summed E-state index contributed by atoms with van der Waals surface area (Å²) in [5, 5.41) is 2.57. The van der Waals surface area contributed by atoms with Gasteiger partial charge >= 0.3 is 0 Å². The van der Waals surface area contributed by atoms with Crippen LogP contribution in [0.3, 0.4) is 0 Å². The van der Waals surface area contributed by atoms with Crippen LogP contribution in [0.15, 0.2) is 67.0 Å². The quantitative estimate of drug-likeness (QED) is 0.731. The number of amides is 1. The highest BCUT2D eigenvalue weighted by Gasteiger charge is 2.28. The van der Waals surface area contributed by atoms with Gasteiger partial charge in [-0.05, 0) is 61.0 Å². The monoisotopic (exact) mass is 399 g/mol. The lowest BCUT2D eigenvalue weighted by molar-refractivity contribution is 0.102. The van der Waals surface area contributed by atoms with Crippen LogP contribution >= 0.6 is 0 Å². The standard InChI is InChI=1S/C20H18FN3O3S/c21-18-9-8-17(23-10-1-2-11-23)14-19(18)22-20(25)15-4-6-16(7-5-15)24-12-3-13-28(24,26)27/h1-2,4-11,14H,3,12-13H2,(H,22,25). The fraction of sp³-hybridized carbons (Fsp3) is 0.150. The Morgan fingerprint density at radius 2 is 1.68 bits per heavy atom. The molecule has 0 unspecified atom stereocenters. The summed E-state index contributed by atoms with van der Waals surface area (Å²) in [5.74, 6) is -0.880. The lowest BCUT2D eigenvalue weighted by atomic mass is 10.1. The number of anilines is 2. The minimum absolute atomic E-state index is 0.0717. The summed E-state index contributed by atoms with van der Waals surface area (Å²) in [7, 11) is -3.27. The van der Waals surface area contributed by atoms with Gasteiger partial charge in [-0.15, -0.1) is 0 Å². The number of nitrogens with one attached hydrogen (secondary N) is 1. The lowest BCUT2D eigenvalue weighted by Gasteiger charge is -2.17. The summed E-state index contributed by atoms with van der Waals surface area (Å²) in [5.41, 5.74) is 1.62. The van der Waals surface area contributed by atoms with Gasteiger partial charge < -0.3 is 9.88 Å². The van der Waals surface area contributed by atoms with Crippen LogP contribution < -0.4 is 9.62 Å². The van der Waals surface area contributed by atoms with Crippen molar-refractivity contribution in [3.63, 3.8) is 0 Å². The molecular formula is C20H18FN3O3S. The highest BCUT2D eigenvalue weighted by Crippen LogP contribution is 2.25. The fourth-order valence-electron chi connectivity index (χ4n) is 3.18. The first-order chi connectivity index (χ1) is 13.4. The van der Waals surface area contributed by atoms with Gasteiger partial charge in [0.1, 0.15) is 5.82 Å². The summed E-state index contributed by atoms with van der Waals surface area (Å²) in [4.78, 5) is 12.5. The molecule has 4 rings (SSSR count). The molecule has 1 N–H and O–H groups in total. The number of nitrogens with zero attached hydrogens (tertiary/aromatic N) is 2. The van der Waals surface area contributed by atoms with E-state index in [0.717, 1.165) is 5.69 Å². The van der Waals surface area contributed by atoms with E-state index in [0.29, 0.717) is 24.2 Å². The average molecular weight is 399 g/mol. The van der Waals surface area contributed by atoms with E-state index in [1.54, 1.807) is 28.8 Å². The van der Waals surface area contributed by atoms with Gasteiger partial charge in [-0.3, -0.25) is 9.10 Å². The smallest absolute Gasteiger partial charge is 0.255 e. The topological polar surface area (TPSA) is 71.4 Å². The van der Waals surface area contributed by atoms with Crippen molar-refractivity contribution in [1.29, 1.82) is 0 Å². The first-order valence-corrected chi connectivity index (χ1v) is 10.4. The van der Waals surface area contributed by atoms with Crippen molar-refractivity contribution in [2.75, 3.05) is 21.9 Å². The van der Waals surface area contributed by atoms with Gasteiger partial charge in [0.05, 0.1) is 17.1 Å². The number of carbonyl (C=O) groups is 1. The summed E-state index contributed by atoms with van der Waals surface area (Å²) in [6.45, 7) is 0.436. The zero-order valence-corrected chi connectivity index (χ0v) is 15.7. The number of benzene rings is 2. The molecule has 0 atom stereocenters. The molecule has 28 heavy (non-hydrogen) atoms. The van der Waals surface area contributed by atoms with E-state index in [1.165, 1.54) is 22.5 Å². The molecule has 1 fully saturated rings. The summed E-state index contributed by atoms with van der Waals surface area (Å²) >= 11 is 0. The minimum atomic E-state index is -3.27. The van der Waals surface area contributed by atoms with E-state index in [4.69, 9.17) is 0 Å². The zero-order chi connectivity index (χ0) is 19.7. The number of halogens is 1. The van der Waals surface area contributed by atoms with E-state index in [1.807, 2.05) is 24.5 Å². The predicted molar refractivity (Wildman–Crippen MR) is 106 cm³/mol. The third kappa shape index (κ3) is 3.50. The number of hydrogen-bond donors (Lipinski definition) is 1. The molecule has 1 saturated heterocycles. The van der Waals surface area contributed by atoms with E-state index < -0.39 is 21.7 Å². The van der Waals surface area contributed by atoms with Crippen LogP contribution in [0.5, 0.6) is 0 Å². The molecule has 0 aliphatic carbocycles. The summed E-state index contributed by atoms with van der Waals surface area (Å²) < 4.78 is 41.3. The minimum Gasteiger partial charge on any atom is -0.324 e. The molecule has 0 spiro atoms. The second-order valence-electron chi connectivity index (χ2n) is 6.50. The van der Waals surface area contributed by atoms with Crippen LogP contribution in [-0.2, 0) is 10.0 Å². The average Bonchev–Trinajstić information content (AvgIpc) is 3.33. The van der Waals surface area contributed by atoms with Crippen molar-refractivity contribution in [3.05, 3.63) is 78.4 Å². The second-order valence-corrected chi connectivity index (χ2v) is 8.51. The fourth-order valence-corrected chi connectivity index (χ4v) is 4.74. The molecule has 1 aromatic heterocycles. The van der Waals surface area contributed by atoms with Crippen molar-refractivity contribution in [3.8, 4) is 5.69 Å². The van der Waals surface area contributed by atoms with Gasteiger partial charge in [0.25, 0.3) is 5.91 Å². The Labute approximate surface area is 162 Å². The first kappa shape index (κ1) is 18.2. The predicted octanol–water partition coefficient (Wildman–Crippen LogP) is 3.41. The third-order valence-electron chi connectivity index (χ3n) is 4.62. The number of aromatic nitrogens is 1. The normalized spacial score (nSPS) is 15.5. The Hall–Kier alpha value is -3.13. The van der Waals surface area contributed by atoms with E-state index in [9.17, 15) is 17.6 Å². The molecule has 6 nitrogen and oxygen atoms in total. The molecule has 8 heteroatoms. The Bertz CT molecular complexity index is 1110. The summed E-state index contributed by atoms with van der Waals surface area (Å²) in [6.07, 6.45) is 4.23. The number of carbonyl (C=O) groups excluding carboxylic acids is 1. The SMILES string of the molecule is O=C(Nc1cc(-n2cccc2)ccc1F)c1ccc(N2CCCS2(=O)=O)cc1. The van der Waals surface area contributed by atoms with Crippen molar-refractivity contribution >= 4 is 27.3 Å². The van der Waals surface area contributed by atoms with Crippen LogP contribution in [0.1, 0.15) is 16.8 Å². The molecular weight excluding hydrogens is 381 g/mol. The summed E-state index contributed by atoms with van der Waals surface area (Å²) in [6, 6.07) is 14.4. The van der Waals surface area contributed by atoms with Crippen LogP contribution in [0.4, 0.5) is 15.8 Å². The van der Waals surface area contributed by atoms with E-state index in [-0.39, 0.29) is 11.4 Å². The Morgan fingerprint density at radius 1 is 1.00 bits per heavy atom. The van der Waals surface area contributed by atoms with Crippen LogP contribution in [0.25, 0.3) is 5.69 Å².